The fraction of sp³-hybridized carbons (Fsp3) is 0.519. The number of aliphatic hydroxyl groups excluding tert-OH is 7. The first-order valence-corrected chi connectivity index (χ1v) is 12.8. The van der Waals surface area contributed by atoms with E-state index < -0.39 is 85.3 Å². The van der Waals surface area contributed by atoms with Crippen LogP contribution in [0.4, 0.5) is 0 Å². The first-order chi connectivity index (χ1) is 19.0. The Morgan fingerprint density at radius 2 is 1.48 bits per heavy atom. The van der Waals surface area contributed by atoms with Gasteiger partial charge in [0.1, 0.15) is 54.2 Å². The number of aromatic hydroxyl groups is 2. The third-order valence-electron chi connectivity index (χ3n) is 7.89. The number of phenolic OH excluding ortho intramolecular Hbond substituents is 2. The van der Waals surface area contributed by atoms with Crippen molar-refractivity contribution >= 4 is 5.78 Å². The van der Waals surface area contributed by atoms with Gasteiger partial charge in [-0.3, -0.25) is 4.79 Å². The average molecular weight is 565 g/mol. The van der Waals surface area contributed by atoms with Gasteiger partial charge in [-0.2, -0.15) is 0 Å². The molecule has 0 radical (unpaired) electrons. The molecule has 1 aliphatic carbocycles. The Morgan fingerprint density at radius 1 is 0.800 bits per heavy atom. The molecule has 13 heteroatoms. The van der Waals surface area contributed by atoms with Crippen molar-refractivity contribution in [3.8, 4) is 11.5 Å². The van der Waals surface area contributed by atoms with Crippen molar-refractivity contribution in [2.24, 2.45) is 0 Å². The van der Waals surface area contributed by atoms with Crippen molar-refractivity contribution in [2.75, 3.05) is 6.61 Å². The Bertz CT molecular complexity index is 1270. The summed E-state index contributed by atoms with van der Waals surface area (Å²) in [5, 5.41) is 93.2. The van der Waals surface area contributed by atoms with E-state index in [4.69, 9.17) is 14.2 Å². The van der Waals surface area contributed by atoms with Crippen LogP contribution in [0.15, 0.2) is 30.3 Å². The molecule has 0 bridgehead atoms. The quantitative estimate of drug-likeness (QED) is 0.191. The zero-order valence-electron chi connectivity index (χ0n) is 21.3. The van der Waals surface area contributed by atoms with E-state index >= 15 is 0 Å². The molecule has 2 aliphatic heterocycles. The number of carbonyl (C=O) groups is 1. The highest BCUT2D eigenvalue weighted by Crippen LogP contribution is 2.47. The molecular formula is C27H32O13. The van der Waals surface area contributed by atoms with Crippen LogP contribution >= 0.6 is 0 Å². The smallest absolute Gasteiger partial charge is 0.201 e. The third-order valence-corrected chi connectivity index (χ3v) is 7.89. The van der Waals surface area contributed by atoms with E-state index in [1.165, 1.54) is 37.3 Å². The average Bonchev–Trinajstić information content (AvgIpc) is 2.92. The third kappa shape index (κ3) is 4.67. The van der Waals surface area contributed by atoms with Crippen molar-refractivity contribution in [3.63, 3.8) is 0 Å². The molecule has 3 aliphatic rings. The molecule has 11 atom stereocenters. The predicted molar refractivity (Wildman–Crippen MR) is 132 cm³/mol. The van der Waals surface area contributed by atoms with Gasteiger partial charge in [-0.1, -0.05) is 18.2 Å². The molecule has 0 aromatic heterocycles. The monoisotopic (exact) mass is 564 g/mol. The topological polar surface area (TPSA) is 227 Å². The van der Waals surface area contributed by atoms with Gasteiger partial charge in [0.25, 0.3) is 0 Å². The molecule has 218 valence electrons. The summed E-state index contributed by atoms with van der Waals surface area (Å²) in [5.74, 6) is -2.64. The molecular weight excluding hydrogens is 532 g/mol. The summed E-state index contributed by atoms with van der Waals surface area (Å²) in [4.78, 5) is 13.5. The largest absolute Gasteiger partial charge is 0.507 e. The molecule has 0 amide bonds. The molecule has 2 saturated heterocycles. The minimum atomic E-state index is -1.72. The summed E-state index contributed by atoms with van der Waals surface area (Å²) >= 11 is 0. The standard InChI is InChI=1S/C27H32O13/c1-9-19(31)22(34)25(37)27(39-9)38-8-10-5-12-16(26-24(36)23(35)20(32)15(7-28)40-26)11-3-2-4-13(29)17(11)21(33)18(12)14(30)6-10/h2-6,9,15-16,19-20,22-32,34-37H,7-8H2,1H3/t9-,15+,16?,19-,20+,22+,23-,24+,25+,26?,27+/m0/s1. The van der Waals surface area contributed by atoms with Crippen LogP contribution in [0.1, 0.15) is 45.5 Å². The van der Waals surface area contributed by atoms with Gasteiger partial charge in [0.05, 0.1) is 36.5 Å². The van der Waals surface area contributed by atoms with E-state index in [0.717, 1.165) is 0 Å². The molecule has 2 unspecified atom stereocenters. The van der Waals surface area contributed by atoms with Gasteiger partial charge >= 0.3 is 0 Å². The first-order valence-electron chi connectivity index (χ1n) is 12.8. The van der Waals surface area contributed by atoms with E-state index in [-0.39, 0.29) is 40.2 Å². The number of aliphatic hydroxyl groups is 7. The van der Waals surface area contributed by atoms with Crippen LogP contribution < -0.4 is 0 Å². The summed E-state index contributed by atoms with van der Waals surface area (Å²) in [5.41, 5.74) is 0.319. The van der Waals surface area contributed by atoms with Crippen LogP contribution in [0, 0.1) is 0 Å². The highest BCUT2D eigenvalue weighted by Gasteiger charge is 2.50. The lowest BCUT2D eigenvalue weighted by atomic mass is 9.71. The Balaban J connectivity index is 1.55. The summed E-state index contributed by atoms with van der Waals surface area (Å²) in [6.45, 7) is 0.514. The number of hydrogen-bond acceptors (Lipinski definition) is 13. The van der Waals surface area contributed by atoms with Crippen LogP contribution in [0.25, 0.3) is 0 Å². The second kappa shape index (κ2) is 10.9. The zero-order valence-corrected chi connectivity index (χ0v) is 21.3. The lowest BCUT2D eigenvalue weighted by Crippen LogP contribution is -2.60. The lowest BCUT2D eigenvalue weighted by Gasteiger charge is -2.45. The van der Waals surface area contributed by atoms with Crippen LogP contribution in [-0.4, -0.2) is 120 Å². The first kappa shape index (κ1) is 28.8. The van der Waals surface area contributed by atoms with E-state index in [0.29, 0.717) is 0 Å². The maximum absolute atomic E-state index is 13.5. The van der Waals surface area contributed by atoms with Crippen LogP contribution in [-0.2, 0) is 20.8 Å². The molecule has 0 saturated carbocycles. The molecule has 5 rings (SSSR count). The summed E-state index contributed by atoms with van der Waals surface area (Å²) in [7, 11) is 0. The number of ether oxygens (including phenoxy) is 3. The Kier molecular flexibility index (Phi) is 7.89. The second-order valence-corrected chi connectivity index (χ2v) is 10.4. The van der Waals surface area contributed by atoms with E-state index in [2.05, 4.69) is 0 Å². The van der Waals surface area contributed by atoms with Crippen LogP contribution in [0.5, 0.6) is 11.5 Å². The molecule has 9 N–H and O–H groups in total. The molecule has 2 aromatic carbocycles. The lowest BCUT2D eigenvalue weighted by molar-refractivity contribution is -0.296. The van der Waals surface area contributed by atoms with Gasteiger partial charge in [-0.05, 0) is 35.7 Å². The molecule has 2 aromatic rings. The fourth-order valence-electron chi connectivity index (χ4n) is 5.73. The second-order valence-electron chi connectivity index (χ2n) is 10.4. The van der Waals surface area contributed by atoms with Gasteiger partial charge in [0.2, 0.25) is 5.78 Å². The number of benzene rings is 2. The maximum Gasteiger partial charge on any atom is 0.201 e. The van der Waals surface area contributed by atoms with Gasteiger partial charge in [0, 0.05) is 5.92 Å². The number of fused-ring (bicyclic) bond motifs is 2. The fourth-order valence-corrected chi connectivity index (χ4v) is 5.73. The maximum atomic E-state index is 13.5. The van der Waals surface area contributed by atoms with Crippen LogP contribution in [0.3, 0.4) is 0 Å². The van der Waals surface area contributed by atoms with Crippen LogP contribution in [0.2, 0.25) is 0 Å². The van der Waals surface area contributed by atoms with E-state index in [1.807, 2.05) is 0 Å². The predicted octanol–water partition coefficient (Wildman–Crippen LogP) is -2.04. The Hall–Kier alpha value is -2.69. The normalized spacial score (nSPS) is 37.6. The van der Waals surface area contributed by atoms with E-state index in [9.17, 15) is 50.8 Å². The van der Waals surface area contributed by atoms with Gasteiger partial charge < -0.3 is 60.2 Å². The Labute approximate surface area is 228 Å². The minimum Gasteiger partial charge on any atom is -0.507 e. The van der Waals surface area contributed by atoms with Gasteiger partial charge in [-0.25, -0.2) is 0 Å². The molecule has 2 fully saturated rings. The van der Waals surface area contributed by atoms with Gasteiger partial charge in [-0.15, -0.1) is 0 Å². The minimum absolute atomic E-state index is 0.142. The molecule has 0 spiro atoms. The number of hydrogen-bond donors (Lipinski definition) is 9. The van der Waals surface area contributed by atoms with Crippen molar-refractivity contribution in [3.05, 3.63) is 58.1 Å². The summed E-state index contributed by atoms with van der Waals surface area (Å²) in [6.07, 6.45) is -14.2. The molecule has 40 heavy (non-hydrogen) atoms. The number of phenols is 2. The van der Waals surface area contributed by atoms with Crippen molar-refractivity contribution in [2.45, 2.75) is 80.7 Å². The highest BCUT2D eigenvalue weighted by molar-refractivity contribution is 6.16. The van der Waals surface area contributed by atoms with E-state index in [1.54, 1.807) is 0 Å². The zero-order chi connectivity index (χ0) is 29.0. The van der Waals surface area contributed by atoms with Crippen molar-refractivity contribution in [1.29, 1.82) is 0 Å². The Morgan fingerprint density at radius 3 is 2.17 bits per heavy atom. The number of carbonyl (C=O) groups excluding carboxylic acids is 1. The SMILES string of the molecule is C[C@@H]1O[C@@H](OCc2cc(O)c3c(c2)C(C2O[C@H](CO)[C@@H](O)[C@H](O)[C@H]2O)c2cccc(O)c2C3=O)[C@H](O)[C@H](O)[C@H]1O. The molecule has 13 nitrogen and oxygen atoms in total. The number of ketones is 1. The molecule has 2 heterocycles. The van der Waals surface area contributed by atoms with Crippen molar-refractivity contribution < 1.29 is 65.0 Å². The van der Waals surface area contributed by atoms with Gasteiger partial charge in [0.15, 0.2) is 6.29 Å². The number of rotatable bonds is 5. The summed E-state index contributed by atoms with van der Waals surface area (Å²) < 4.78 is 16.9. The highest BCUT2D eigenvalue weighted by atomic mass is 16.7. The summed E-state index contributed by atoms with van der Waals surface area (Å²) in [6, 6.07) is 6.99. The van der Waals surface area contributed by atoms with Crippen molar-refractivity contribution in [1.82, 2.24) is 0 Å².